The molecule has 0 atom stereocenters. The van der Waals surface area contributed by atoms with E-state index in [4.69, 9.17) is 14.2 Å². The average molecular weight is 431 g/mol. The molecule has 0 saturated carbocycles. The van der Waals surface area contributed by atoms with Crippen LogP contribution in [0.25, 0.3) is 0 Å². The summed E-state index contributed by atoms with van der Waals surface area (Å²) in [6.45, 7) is -0.140. The van der Waals surface area contributed by atoms with Gasteiger partial charge in [0.2, 0.25) is 6.79 Å². The number of hydrogen-bond acceptors (Lipinski definition) is 6. The Hall–Kier alpha value is -4.13. The van der Waals surface area contributed by atoms with Gasteiger partial charge in [0.25, 0.3) is 5.91 Å². The molecule has 162 valence electrons. The van der Waals surface area contributed by atoms with Gasteiger partial charge in [-0.1, -0.05) is 24.3 Å². The van der Waals surface area contributed by atoms with Crippen molar-refractivity contribution >= 4 is 23.3 Å². The van der Waals surface area contributed by atoms with E-state index in [1.54, 1.807) is 54.6 Å². The monoisotopic (exact) mass is 431 g/mol. The number of nitrogens with one attached hydrogen (secondary N) is 1. The largest absolute Gasteiger partial charge is 0.457 e. The van der Waals surface area contributed by atoms with E-state index in [0.717, 1.165) is 5.56 Å². The highest BCUT2D eigenvalue weighted by atomic mass is 16.7. The molecule has 0 radical (unpaired) electrons. The first-order valence-corrected chi connectivity index (χ1v) is 10.1. The molecular weight excluding hydrogens is 410 g/mol. The number of ether oxygens (including phenoxy) is 3. The summed E-state index contributed by atoms with van der Waals surface area (Å²) in [7, 11) is 0. The number of amides is 1. The maximum Gasteiger partial charge on any atom is 0.306 e. The zero-order valence-electron chi connectivity index (χ0n) is 17.2. The van der Waals surface area contributed by atoms with Crippen LogP contribution in [-0.2, 0) is 16.0 Å². The number of carbonyl (C=O) groups is 3. The summed E-state index contributed by atoms with van der Waals surface area (Å²) < 4.78 is 15.7. The second kappa shape index (κ2) is 9.78. The SMILES string of the molecule is O=C(CCc1ccc2c(c1)OCO2)OCC(=O)c1ccc(NC(=O)c2ccccc2)cc1. The summed E-state index contributed by atoms with van der Waals surface area (Å²) in [4.78, 5) is 36.5. The van der Waals surface area contributed by atoms with Crippen molar-refractivity contribution < 1.29 is 28.6 Å². The molecule has 0 unspecified atom stereocenters. The zero-order valence-corrected chi connectivity index (χ0v) is 17.2. The molecule has 4 rings (SSSR count). The molecule has 1 heterocycles. The van der Waals surface area contributed by atoms with Crippen LogP contribution < -0.4 is 14.8 Å². The lowest BCUT2D eigenvalue weighted by Gasteiger charge is -2.07. The number of aryl methyl sites for hydroxylation is 1. The van der Waals surface area contributed by atoms with Gasteiger partial charge >= 0.3 is 5.97 Å². The van der Waals surface area contributed by atoms with Gasteiger partial charge in [-0.25, -0.2) is 0 Å². The smallest absolute Gasteiger partial charge is 0.306 e. The van der Waals surface area contributed by atoms with Crippen LogP contribution in [0, 0.1) is 0 Å². The van der Waals surface area contributed by atoms with E-state index < -0.39 is 5.97 Å². The van der Waals surface area contributed by atoms with Crippen LogP contribution in [-0.4, -0.2) is 31.1 Å². The summed E-state index contributed by atoms with van der Waals surface area (Å²) in [5.74, 6) is 0.341. The molecule has 1 N–H and O–H groups in total. The number of benzene rings is 3. The minimum absolute atomic E-state index is 0.150. The third kappa shape index (κ3) is 5.31. The zero-order chi connectivity index (χ0) is 22.3. The van der Waals surface area contributed by atoms with E-state index in [9.17, 15) is 14.4 Å². The Bertz CT molecular complexity index is 1120. The molecule has 7 heteroatoms. The maximum absolute atomic E-state index is 12.3. The molecule has 0 spiro atoms. The van der Waals surface area contributed by atoms with Crippen LogP contribution in [0.1, 0.15) is 32.7 Å². The molecule has 1 aliphatic heterocycles. The molecule has 3 aromatic rings. The number of hydrogen-bond donors (Lipinski definition) is 1. The highest BCUT2D eigenvalue weighted by Crippen LogP contribution is 2.32. The molecule has 7 nitrogen and oxygen atoms in total. The number of fused-ring (bicyclic) bond motifs is 1. The molecule has 0 aliphatic carbocycles. The highest BCUT2D eigenvalue weighted by Gasteiger charge is 2.15. The fourth-order valence-corrected chi connectivity index (χ4v) is 3.18. The lowest BCUT2D eigenvalue weighted by molar-refractivity contribution is -0.142. The topological polar surface area (TPSA) is 90.9 Å². The minimum atomic E-state index is -0.456. The normalized spacial score (nSPS) is 11.6. The van der Waals surface area contributed by atoms with Gasteiger partial charge < -0.3 is 19.5 Å². The predicted octanol–water partition coefficient (Wildman–Crippen LogP) is 4.03. The quantitative estimate of drug-likeness (QED) is 0.428. The first kappa shape index (κ1) is 21.1. The third-order valence-corrected chi connectivity index (χ3v) is 4.92. The Labute approximate surface area is 184 Å². The molecule has 1 amide bonds. The number of esters is 1. The second-order valence-electron chi connectivity index (χ2n) is 7.17. The fraction of sp³-hybridized carbons (Fsp3) is 0.160. The van der Waals surface area contributed by atoms with Gasteiger partial charge in [0.15, 0.2) is 23.9 Å². The van der Waals surface area contributed by atoms with Crippen molar-refractivity contribution in [3.8, 4) is 11.5 Å². The van der Waals surface area contributed by atoms with Crippen molar-refractivity contribution in [1.29, 1.82) is 0 Å². The van der Waals surface area contributed by atoms with E-state index in [2.05, 4.69) is 5.32 Å². The standard InChI is InChI=1S/C25H21NO6/c27-21(15-30-24(28)13-7-17-6-12-22-23(14-17)32-16-31-22)18-8-10-20(11-9-18)26-25(29)19-4-2-1-3-5-19/h1-6,8-12,14H,7,13,15-16H2,(H,26,29). The molecule has 3 aromatic carbocycles. The fourth-order valence-electron chi connectivity index (χ4n) is 3.18. The molecule has 0 aromatic heterocycles. The van der Waals surface area contributed by atoms with Crippen LogP contribution in [0.15, 0.2) is 72.8 Å². The first-order valence-electron chi connectivity index (χ1n) is 10.1. The van der Waals surface area contributed by atoms with Crippen molar-refractivity contribution in [1.82, 2.24) is 0 Å². The van der Waals surface area contributed by atoms with Crippen LogP contribution >= 0.6 is 0 Å². The van der Waals surface area contributed by atoms with E-state index in [1.165, 1.54) is 0 Å². The Morgan fingerprint density at radius 2 is 1.59 bits per heavy atom. The predicted molar refractivity (Wildman–Crippen MR) is 117 cm³/mol. The summed E-state index contributed by atoms with van der Waals surface area (Å²) in [5, 5.41) is 2.77. The van der Waals surface area contributed by atoms with Crippen LogP contribution in [0.4, 0.5) is 5.69 Å². The summed E-state index contributed by atoms with van der Waals surface area (Å²) in [5.41, 5.74) is 2.42. The number of ketones is 1. The molecule has 1 aliphatic rings. The van der Waals surface area contributed by atoms with Crippen LogP contribution in [0.3, 0.4) is 0 Å². The van der Waals surface area contributed by atoms with Crippen molar-refractivity contribution in [3.05, 3.63) is 89.5 Å². The maximum atomic E-state index is 12.3. The van der Waals surface area contributed by atoms with Gasteiger partial charge in [0.1, 0.15) is 0 Å². The van der Waals surface area contributed by atoms with Gasteiger partial charge in [-0.05, 0) is 60.5 Å². The lowest BCUT2D eigenvalue weighted by atomic mass is 10.1. The first-order chi connectivity index (χ1) is 15.6. The molecular formula is C25H21NO6. The molecule has 0 saturated heterocycles. The van der Waals surface area contributed by atoms with E-state index in [1.807, 2.05) is 18.2 Å². The van der Waals surface area contributed by atoms with Gasteiger partial charge in [0, 0.05) is 23.2 Å². The molecule has 0 bridgehead atoms. The summed E-state index contributed by atoms with van der Waals surface area (Å²) in [6, 6.07) is 20.8. The van der Waals surface area contributed by atoms with Crippen LogP contribution in [0.2, 0.25) is 0 Å². The summed E-state index contributed by atoms with van der Waals surface area (Å²) >= 11 is 0. The lowest BCUT2D eigenvalue weighted by Crippen LogP contribution is -2.15. The molecule has 32 heavy (non-hydrogen) atoms. The summed E-state index contributed by atoms with van der Waals surface area (Å²) in [6.07, 6.45) is 0.622. The second-order valence-corrected chi connectivity index (χ2v) is 7.17. The van der Waals surface area contributed by atoms with Crippen LogP contribution in [0.5, 0.6) is 11.5 Å². The van der Waals surface area contributed by atoms with E-state index in [-0.39, 0.29) is 31.5 Å². The van der Waals surface area contributed by atoms with Crippen molar-refractivity contribution in [2.45, 2.75) is 12.8 Å². The Morgan fingerprint density at radius 1 is 0.844 bits per heavy atom. The van der Waals surface area contributed by atoms with Gasteiger partial charge in [0.05, 0.1) is 0 Å². The number of carbonyl (C=O) groups excluding carboxylic acids is 3. The van der Waals surface area contributed by atoms with Crippen molar-refractivity contribution in [3.63, 3.8) is 0 Å². The highest BCUT2D eigenvalue weighted by molar-refractivity contribution is 6.04. The number of rotatable bonds is 8. The van der Waals surface area contributed by atoms with E-state index in [0.29, 0.717) is 34.7 Å². The third-order valence-electron chi connectivity index (χ3n) is 4.92. The number of anilines is 1. The minimum Gasteiger partial charge on any atom is -0.457 e. The van der Waals surface area contributed by atoms with Gasteiger partial charge in [-0.3, -0.25) is 14.4 Å². The molecule has 0 fully saturated rings. The average Bonchev–Trinajstić information content (AvgIpc) is 3.30. The number of Topliss-reactive ketones (excluding diaryl/α,β-unsaturated/α-hetero) is 1. The van der Waals surface area contributed by atoms with Gasteiger partial charge in [-0.15, -0.1) is 0 Å². The van der Waals surface area contributed by atoms with Gasteiger partial charge in [-0.2, -0.15) is 0 Å². The Balaban J connectivity index is 1.23. The Morgan fingerprint density at radius 3 is 2.38 bits per heavy atom. The van der Waals surface area contributed by atoms with E-state index >= 15 is 0 Å². The van der Waals surface area contributed by atoms with Crippen molar-refractivity contribution in [2.75, 3.05) is 18.7 Å². The van der Waals surface area contributed by atoms with Crippen molar-refractivity contribution in [2.24, 2.45) is 0 Å². The Kier molecular flexibility index (Phi) is 6.46.